The molecule has 0 saturated heterocycles. The molecule has 11 aromatic rings. The molecule has 0 amide bonds. The van der Waals surface area contributed by atoms with E-state index in [0.717, 1.165) is 27.9 Å². The number of nitrogens with zero attached hydrogens (tertiary/aromatic N) is 4. The van der Waals surface area contributed by atoms with Gasteiger partial charge in [0.1, 0.15) is 0 Å². The molecule has 4 nitrogen and oxygen atoms in total. The molecular formula is C65H54N4Si. The van der Waals surface area contributed by atoms with Crippen molar-refractivity contribution in [1.29, 1.82) is 0 Å². The second-order valence-corrected chi connectivity index (χ2v) is 24.1. The van der Waals surface area contributed by atoms with Gasteiger partial charge < -0.3 is 4.57 Å². The molecule has 12 rings (SSSR count). The van der Waals surface area contributed by atoms with Gasteiger partial charge in [-0.2, -0.15) is 0 Å². The molecule has 0 unspecified atom stereocenters. The first-order chi connectivity index (χ1) is 34.2. The maximum Gasteiger partial charge on any atom is 0.179 e. The van der Waals surface area contributed by atoms with E-state index in [-0.39, 0.29) is 10.8 Å². The Balaban J connectivity index is 1.02. The van der Waals surface area contributed by atoms with Crippen LogP contribution in [0.3, 0.4) is 0 Å². The normalized spacial score (nSPS) is 14.1. The van der Waals surface area contributed by atoms with Gasteiger partial charge in [-0.1, -0.05) is 216 Å². The summed E-state index contributed by atoms with van der Waals surface area (Å²) in [7, 11) is -2.83. The van der Waals surface area contributed by atoms with Crippen molar-refractivity contribution in [2.24, 2.45) is 0 Å². The summed E-state index contributed by atoms with van der Waals surface area (Å²) in [6.45, 7) is 9.64. The Labute approximate surface area is 412 Å². The zero-order valence-corrected chi connectivity index (χ0v) is 41.1. The molecule has 2 aromatic heterocycles. The van der Waals surface area contributed by atoms with Crippen LogP contribution in [0.5, 0.6) is 0 Å². The van der Waals surface area contributed by atoms with Gasteiger partial charge in [0.15, 0.2) is 25.5 Å². The van der Waals surface area contributed by atoms with E-state index in [1.165, 1.54) is 72.1 Å². The molecule has 0 radical (unpaired) electrons. The van der Waals surface area contributed by atoms with E-state index in [1.807, 2.05) is 0 Å². The summed E-state index contributed by atoms with van der Waals surface area (Å²) in [6.07, 6.45) is 2.35. The molecule has 0 saturated carbocycles. The van der Waals surface area contributed by atoms with E-state index in [2.05, 4.69) is 263 Å². The van der Waals surface area contributed by atoms with Crippen molar-refractivity contribution in [2.45, 2.75) is 51.4 Å². The van der Waals surface area contributed by atoms with Crippen LogP contribution in [0.25, 0.3) is 72.8 Å². The average Bonchev–Trinajstić information content (AvgIpc) is 3.75. The van der Waals surface area contributed by atoms with Crippen molar-refractivity contribution >= 4 is 50.6 Å². The third kappa shape index (κ3) is 7.40. The van der Waals surface area contributed by atoms with Gasteiger partial charge in [0.05, 0.1) is 11.0 Å². The van der Waals surface area contributed by atoms with Gasteiger partial charge in [-0.15, -0.1) is 0 Å². The Bertz CT molecular complexity index is 3580. The topological polar surface area (TPSA) is 43.6 Å². The number of hydrogen-bond acceptors (Lipinski definition) is 3. The molecule has 0 N–H and O–H groups in total. The first kappa shape index (κ1) is 43.3. The van der Waals surface area contributed by atoms with Crippen LogP contribution < -0.4 is 20.7 Å². The quantitative estimate of drug-likeness (QED) is 0.107. The Kier molecular flexibility index (Phi) is 10.6. The van der Waals surface area contributed by atoms with Crippen LogP contribution in [-0.2, 0) is 10.8 Å². The van der Waals surface area contributed by atoms with E-state index in [4.69, 9.17) is 15.0 Å². The molecule has 9 aromatic carbocycles. The number of aromatic nitrogens is 4. The molecule has 0 aliphatic heterocycles. The molecule has 70 heavy (non-hydrogen) atoms. The molecule has 0 atom stereocenters. The second-order valence-electron chi connectivity index (χ2n) is 20.3. The van der Waals surface area contributed by atoms with Crippen LogP contribution in [0.4, 0.5) is 0 Å². The van der Waals surface area contributed by atoms with Gasteiger partial charge in [-0.3, -0.25) is 0 Å². The number of rotatable bonds is 9. The summed E-state index contributed by atoms with van der Waals surface area (Å²) in [5, 5.41) is 7.78. The summed E-state index contributed by atoms with van der Waals surface area (Å²) in [4.78, 5) is 15.9. The van der Waals surface area contributed by atoms with Crippen molar-refractivity contribution in [2.75, 3.05) is 0 Å². The molecule has 2 heterocycles. The van der Waals surface area contributed by atoms with Gasteiger partial charge in [0, 0.05) is 33.2 Å². The highest BCUT2D eigenvalue weighted by Crippen LogP contribution is 2.48. The minimum atomic E-state index is -2.83. The van der Waals surface area contributed by atoms with Crippen LogP contribution in [0.15, 0.2) is 231 Å². The molecular weight excluding hydrogens is 865 g/mol. The molecule has 0 fully saturated rings. The minimum absolute atomic E-state index is 0.0913. The Morgan fingerprint density at radius 2 is 0.757 bits per heavy atom. The zero-order chi connectivity index (χ0) is 47.5. The van der Waals surface area contributed by atoms with Crippen molar-refractivity contribution in [3.63, 3.8) is 0 Å². The van der Waals surface area contributed by atoms with Crippen molar-refractivity contribution in [3.8, 4) is 51.0 Å². The highest BCUT2D eigenvalue weighted by molar-refractivity contribution is 7.19. The van der Waals surface area contributed by atoms with Crippen LogP contribution >= 0.6 is 0 Å². The number of para-hydroxylation sites is 1. The van der Waals surface area contributed by atoms with Gasteiger partial charge >= 0.3 is 0 Å². The predicted octanol–water partition coefficient (Wildman–Crippen LogP) is 13.4. The lowest BCUT2D eigenvalue weighted by Gasteiger charge is -2.42. The highest BCUT2D eigenvalue weighted by Gasteiger charge is 2.42. The summed E-state index contributed by atoms with van der Waals surface area (Å²) in [6, 6.07) is 83.8. The molecule has 338 valence electrons. The Morgan fingerprint density at radius 1 is 0.343 bits per heavy atom. The third-order valence-electron chi connectivity index (χ3n) is 15.1. The minimum Gasteiger partial charge on any atom is -0.309 e. The van der Waals surface area contributed by atoms with E-state index in [0.29, 0.717) is 17.5 Å². The van der Waals surface area contributed by atoms with Crippen molar-refractivity contribution in [1.82, 2.24) is 19.5 Å². The van der Waals surface area contributed by atoms with Crippen LogP contribution in [0, 0.1) is 0 Å². The van der Waals surface area contributed by atoms with Gasteiger partial charge in [0.25, 0.3) is 0 Å². The fourth-order valence-corrected chi connectivity index (χ4v) is 16.0. The lowest BCUT2D eigenvalue weighted by molar-refractivity contribution is 0.332. The Hall–Kier alpha value is -7.99. The lowest BCUT2D eigenvalue weighted by Crippen LogP contribution is -2.74. The van der Waals surface area contributed by atoms with Gasteiger partial charge in [-0.05, 0) is 109 Å². The van der Waals surface area contributed by atoms with Gasteiger partial charge in [-0.25, -0.2) is 15.0 Å². The summed E-state index contributed by atoms with van der Waals surface area (Å²) in [5.74, 6) is 1.89. The molecule has 1 aliphatic rings. The average molecular weight is 919 g/mol. The number of fused-ring (bicyclic) bond motifs is 4. The molecule has 0 bridgehead atoms. The van der Waals surface area contributed by atoms with E-state index < -0.39 is 8.07 Å². The third-order valence-corrected chi connectivity index (χ3v) is 19.9. The maximum absolute atomic E-state index is 5.36. The second kappa shape index (κ2) is 17.2. The van der Waals surface area contributed by atoms with Crippen molar-refractivity contribution in [3.05, 3.63) is 242 Å². The number of hydrogen-bond donors (Lipinski definition) is 0. The Morgan fingerprint density at radius 3 is 1.31 bits per heavy atom. The SMILES string of the molecule is CC1(C)CCC(C)(C)c2cc3c(cc21)c1ccccc1n3-c1ccc(-c2nc(-c3ccc(-c4ccccc4)cc3)nc(-c3cccc([Si](c4ccccc4)(c4ccccc4)c4ccccc4)c3)n2)cc1. The van der Waals surface area contributed by atoms with E-state index in [9.17, 15) is 0 Å². The zero-order valence-electron chi connectivity index (χ0n) is 40.1. The monoisotopic (exact) mass is 918 g/mol. The first-order valence-electron chi connectivity index (χ1n) is 24.6. The van der Waals surface area contributed by atoms with Crippen LogP contribution in [0.2, 0.25) is 0 Å². The number of benzene rings is 9. The van der Waals surface area contributed by atoms with Gasteiger partial charge in [0.2, 0.25) is 0 Å². The lowest BCUT2D eigenvalue weighted by atomic mass is 9.63. The van der Waals surface area contributed by atoms with Crippen LogP contribution in [0.1, 0.15) is 51.7 Å². The summed E-state index contributed by atoms with van der Waals surface area (Å²) in [5.41, 5.74) is 11.8. The first-order valence-corrected chi connectivity index (χ1v) is 26.6. The fraction of sp³-hybridized carbons (Fsp3) is 0.123. The van der Waals surface area contributed by atoms with Crippen molar-refractivity contribution < 1.29 is 0 Å². The van der Waals surface area contributed by atoms with Crippen LogP contribution in [-0.4, -0.2) is 27.6 Å². The maximum atomic E-state index is 5.36. The standard InChI is InChI=1S/C65H54N4Si/c1-64(2)40-41-65(3,4)58-44-60-56(43-57(58)64)55-30-17-18-31-59(55)69(60)50-38-36-48(37-39-50)62-66-61(47-34-32-46(33-35-47)45-20-9-5-10-21-45)67-63(68-62)49-22-19-29-54(42-49)70(51-23-11-6-12-24-51,52-25-13-7-14-26-52)53-27-15-8-16-28-53/h5-39,42-44H,40-41H2,1-4H3. The smallest absolute Gasteiger partial charge is 0.179 e. The summed E-state index contributed by atoms with van der Waals surface area (Å²) < 4.78 is 2.44. The molecule has 0 spiro atoms. The fourth-order valence-electron chi connectivity index (χ4n) is 11.2. The predicted molar refractivity (Wildman–Crippen MR) is 295 cm³/mol. The highest BCUT2D eigenvalue weighted by atomic mass is 28.3. The van der Waals surface area contributed by atoms with E-state index >= 15 is 0 Å². The molecule has 1 aliphatic carbocycles. The largest absolute Gasteiger partial charge is 0.309 e. The summed E-state index contributed by atoms with van der Waals surface area (Å²) >= 11 is 0. The molecule has 5 heteroatoms. The van der Waals surface area contributed by atoms with E-state index in [1.54, 1.807) is 0 Å².